The summed E-state index contributed by atoms with van der Waals surface area (Å²) in [5.74, 6) is -1.59. The molecule has 0 radical (unpaired) electrons. The lowest BCUT2D eigenvalue weighted by molar-refractivity contribution is -0.137. The Labute approximate surface area is 222 Å². The Hall–Kier alpha value is -2.41. The number of hydrogen-bond acceptors (Lipinski definition) is 5. The van der Waals surface area contributed by atoms with Crippen molar-refractivity contribution in [1.29, 1.82) is 0 Å². The number of amides is 2. The molecule has 206 valence electrons. The number of likely N-dealkylation sites (N-methyl/N-ethyl adjacent to an activating group) is 1. The van der Waals surface area contributed by atoms with Gasteiger partial charge in [-0.1, -0.05) is 0 Å². The quantitative estimate of drug-likeness (QED) is 0.528. The van der Waals surface area contributed by atoms with Crippen molar-refractivity contribution in [3.8, 4) is 11.1 Å². The van der Waals surface area contributed by atoms with Crippen LogP contribution in [0.2, 0.25) is 0 Å². The van der Waals surface area contributed by atoms with E-state index < -0.39 is 35.6 Å². The fourth-order valence-corrected chi connectivity index (χ4v) is 7.14. The summed E-state index contributed by atoms with van der Waals surface area (Å²) < 4.78 is 72.9. The van der Waals surface area contributed by atoms with Gasteiger partial charge >= 0.3 is 12.2 Å². The van der Waals surface area contributed by atoms with Gasteiger partial charge in [0, 0.05) is 71.2 Å². The van der Waals surface area contributed by atoms with Crippen LogP contribution >= 0.6 is 11.8 Å². The number of rotatable bonds is 3. The molecule has 2 amide bonds. The number of hydrogen-bond donors (Lipinski definition) is 2. The van der Waals surface area contributed by atoms with Crippen LogP contribution in [-0.4, -0.2) is 73.4 Å². The SMILES string of the molecule is C[C@@H]1CN(C2NC(=O)N3C[C@@H](N(C)C)CSc4c(-c5ccc(F)cc5F)c(C(F)(F)F)cc2c43)C[C@H](C)N1. The number of piperazine rings is 1. The van der Waals surface area contributed by atoms with Crippen LogP contribution in [0.1, 0.15) is 31.1 Å². The largest absolute Gasteiger partial charge is 0.417 e. The van der Waals surface area contributed by atoms with E-state index in [-0.39, 0.29) is 40.7 Å². The highest BCUT2D eigenvalue weighted by Crippen LogP contribution is 2.52. The van der Waals surface area contributed by atoms with Crippen LogP contribution in [0.5, 0.6) is 0 Å². The first kappa shape index (κ1) is 27.2. The van der Waals surface area contributed by atoms with E-state index in [0.29, 0.717) is 36.2 Å². The molecule has 0 bridgehead atoms. The van der Waals surface area contributed by atoms with E-state index in [2.05, 4.69) is 10.6 Å². The molecule has 2 aromatic rings. The van der Waals surface area contributed by atoms with Gasteiger partial charge in [0.2, 0.25) is 0 Å². The Balaban J connectivity index is 1.80. The van der Waals surface area contributed by atoms with Gasteiger partial charge in [0.25, 0.3) is 0 Å². The van der Waals surface area contributed by atoms with Gasteiger partial charge in [0.05, 0.1) is 11.3 Å². The van der Waals surface area contributed by atoms with Gasteiger partial charge < -0.3 is 15.5 Å². The number of nitrogens with zero attached hydrogens (tertiary/aromatic N) is 3. The van der Waals surface area contributed by atoms with Gasteiger partial charge in [0.15, 0.2) is 0 Å². The molecule has 38 heavy (non-hydrogen) atoms. The van der Waals surface area contributed by atoms with Crippen molar-refractivity contribution in [2.75, 3.05) is 44.4 Å². The molecular weight excluding hydrogens is 525 g/mol. The standard InChI is InChI=1S/C26H30F5N5OS/c1-13-9-35(10-14(2)32-13)24-18-8-19(26(29,30)31)21(17-6-5-15(27)7-20(17)28)23-22(18)36(25(37)33-24)11-16(12-38-23)34(3)4/h5-8,13-14,16,24,32H,9-12H2,1-4H3,(H,33,37)/t13-,14+,16-,24?/m1/s1. The zero-order valence-electron chi connectivity index (χ0n) is 21.5. The number of anilines is 1. The zero-order valence-corrected chi connectivity index (χ0v) is 22.3. The van der Waals surface area contributed by atoms with E-state index in [4.69, 9.17) is 0 Å². The summed E-state index contributed by atoms with van der Waals surface area (Å²) in [6.45, 7) is 5.27. The topological polar surface area (TPSA) is 50.9 Å². The summed E-state index contributed by atoms with van der Waals surface area (Å²) in [5, 5.41) is 6.36. The lowest BCUT2D eigenvalue weighted by atomic mass is 9.91. The number of carbonyl (C=O) groups is 1. The second-order valence-corrected chi connectivity index (χ2v) is 11.5. The molecule has 3 aliphatic heterocycles. The van der Waals surface area contributed by atoms with E-state index in [9.17, 15) is 22.4 Å². The smallest absolute Gasteiger partial charge is 0.318 e. The van der Waals surface area contributed by atoms with Crippen LogP contribution in [0.15, 0.2) is 29.2 Å². The molecule has 5 rings (SSSR count). The van der Waals surface area contributed by atoms with Gasteiger partial charge in [-0.25, -0.2) is 13.6 Å². The van der Waals surface area contributed by atoms with Crippen molar-refractivity contribution in [2.24, 2.45) is 0 Å². The minimum atomic E-state index is -4.82. The average molecular weight is 556 g/mol. The molecule has 0 saturated carbocycles. The molecule has 0 aliphatic carbocycles. The van der Waals surface area contributed by atoms with Crippen molar-refractivity contribution in [1.82, 2.24) is 20.4 Å². The summed E-state index contributed by atoms with van der Waals surface area (Å²) in [6, 6.07) is 3.17. The lowest BCUT2D eigenvalue weighted by Crippen LogP contribution is -2.60. The van der Waals surface area contributed by atoms with Crippen molar-refractivity contribution in [3.63, 3.8) is 0 Å². The second-order valence-electron chi connectivity index (χ2n) is 10.5. The Morgan fingerprint density at radius 2 is 1.74 bits per heavy atom. The molecule has 0 spiro atoms. The Kier molecular flexibility index (Phi) is 7.12. The highest BCUT2D eigenvalue weighted by atomic mass is 32.2. The number of carbonyl (C=O) groups excluding carboxylic acids is 1. The van der Waals surface area contributed by atoms with Crippen molar-refractivity contribution in [2.45, 2.75) is 49.2 Å². The van der Waals surface area contributed by atoms with Crippen LogP contribution < -0.4 is 15.5 Å². The zero-order chi connectivity index (χ0) is 27.5. The fourth-order valence-electron chi connectivity index (χ4n) is 5.65. The van der Waals surface area contributed by atoms with E-state index in [1.54, 1.807) is 0 Å². The minimum Gasteiger partial charge on any atom is -0.318 e. The minimum absolute atomic E-state index is 0.0643. The summed E-state index contributed by atoms with van der Waals surface area (Å²) in [4.78, 5) is 19.1. The number of alkyl halides is 3. The summed E-state index contributed by atoms with van der Waals surface area (Å²) in [6.07, 6.45) is -5.61. The molecule has 3 heterocycles. The molecule has 0 aromatic heterocycles. The molecule has 1 unspecified atom stereocenters. The Morgan fingerprint density at radius 1 is 1.05 bits per heavy atom. The first-order valence-corrected chi connectivity index (χ1v) is 13.4. The van der Waals surface area contributed by atoms with Crippen molar-refractivity contribution in [3.05, 3.63) is 47.0 Å². The van der Waals surface area contributed by atoms with Crippen molar-refractivity contribution < 1.29 is 26.7 Å². The highest BCUT2D eigenvalue weighted by molar-refractivity contribution is 7.99. The lowest BCUT2D eigenvalue weighted by Gasteiger charge is -2.45. The maximum absolute atomic E-state index is 15.1. The highest BCUT2D eigenvalue weighted by Gasteiger charge is 2.45. The number of nitrogens with one attached hydrogen (secondary N) is 2. The van der Waals surface area contributed by atoms with E-state index in [1.165, 1.54) is 16.7 Å². The van der Waals surface area contributed by atoms with Gasteiger partial charge in [-0.15, -0.1) is 11.8 Å². The summed E-state index contributed by atoms with van der Waals surface area (Å²) in [7, 11) is 3.69. The Bertz CT molecular complexity index is 1250. The van der Waals surface area contributed by atoms with Gasteiger partial charge in [-0.05, 0) is 46.1 Å². The molecule has 3 aliphatic rings. The average Bonchev–Trinajstić information content (AvgIpc) is 3.01. The molecular formula is C26H30F5N5OS. The molecule has 4 atom stereocenters. The summed E-state index contributed by atoms with van der Waals surface area (Å²) in [5.41, 5.74) is -1.03. The first-order chi connectivity index (χ1) is 17.8. The van der Waals surface area contributed by atoms with Gasteiger partial charge in [-0.2, -0.15) is 13.2 Å². The number of urea groups is 1. The maximum Gasteiger partial charge on any atom is 0.417 e. The van der Waals surface area contributed by atoms with Crippen LogP contribution in [-0.2, 0) is 6.18 Å². The third-order valence-electron chi connectivity index (χ3n) is 7.36. The van der Waals surface area contributed by atoms with Crippen molar-refractivity contribution >= 4 is 23.5 Å². The number of thioether (sulfide) groups is 1. The van der Waals surface area contributed by atoms with Gasteiger partial charge in [-0.3, -0.25) is 9.80 Å². The van der Waals surface area contributed by atoms with E-state index >= 15 is 4.39 Å². The van der Waals surface area contributed by atoms with E-state index in [0.717, 1.165) is 18.2 Å². The summed E-state index contributed by atoms with van der Waals surface area (Å²) >= 11 is 1.17. The maximum atomic E-state index is 15.1. The predicted octanol–water partition coefficient (Wildman–Crippen LogP) is 4.90. The third-order valence-corrected chi connectivity index (χ3v) is 8.59. The number of benzene rings is 2. The predicted molar refractivity (Wildman–Crippen MR) is 137 cm³/mol. The molecule has 6 nitrogen and oxygen atoms in total. The normalized spacial score (nSPS) is 26.3. The molecule has 2 aromatic carbocycles. The molecule has 12 heteroatoms. The number of halogens is 5. The van der Waals surface area contributed by atoms with Crippen LogP contribution in [0, 0.1) is 11.6 Å². The fraction of sp³-hybridized carbons (Fsp3) is 0.500. The monoisotopic (exact) mass is 555 g/mol. The molecule has 2 N–H and O–H groups in total. The Morgan fingerprint density at radius 3 is 2.34 bits per heavy atom. The molecule has 1 fully saturated rings. The van der Waals surface area contributed by atoms with Crippen LogP contribution in [0.3, 0.4) is 0 Å². The van der Waals surface area contributed by atoms with Crippen LogP contribution in [0.25, 0.3) is 11.1 Å². The third kappa shape index (κ3) is 4.87. The van der Waals surface area contributed by atoms with Crippen LogP contribution in [0.4, 0.5) is 32.4 Å². The first-order valence-electron chi connectivity index (χ1n) is 12.5. The molecule has 1 saturated heterocycles. The second kappa shape index (κ2) is 9.96. The van der Waals surface area contributed by atoms with E-state index in [1.807, 2.05) is 37.7 Å². The van der Waals surface area contributed by atoms with Gasteiger partial charge in [0.1, 0.15) is 17.8 Å².